The van der Waals surface area contributed by atoms with Crippen molar-refractivity contribution in [2.24, 2.45) is 0 Å². The molecule has 1 amide bonds. The summed E-state index contributed by atoms with van der Waals surface area (Å²) < 4.78 is 0. The topological polar surface area (TPSA) is 45.2 Å². The molecule has 0 saturated heterocycles. The van der Waals surface area contributed by atoms with Crippen molar-refractivity contribution >= 4 is 27.6 Å². The van der Waals surface area contributed by atoms with Gasteiger partial charge in [0.05, 0.1) is 16.8 Å². The van der Waals surface area contributed by atoms with Gasteiger partial charge in [-0.05, 0) is 25.5 Å². The standard InChI is InChI=1S/C24H23N3O/c1-27(2)16-15-25-24(28)21-14-8-13-20-18-11-6-7-12-19(18)22(26-23(20)21)17-9-4-3-5-10-17/h3-14H,15-16H2,1-2H3,(H,25,28). The van der Waals surface area contributed by atoms with Crippen LogP contribution in [-0.2, 0) is 0 Å². The van der Waals surface area contributed by atoms with E-state index in [0.29, 0.717) is 12.1 Å². The Balaban J connectivity index is 1.90. The first kappa shape index (κ1) is 18.1. The van der Waals surface area contributed by atoms with E-state index in [1.165, 1.54) is 0 Å². The first-order chi connectivity index (χ1) is 13.6. The minimum Gasteiger partial charge on any atom is -0.351 e. The van der Waals surface area contributed by atoms with Gasteiger partial charge in [-0.3, -0.25) is 4.79 Å². The number of carbonyl (C=O) groups excluding carboxylic acids is 1. The van der Waals surface area contributed by atoms with Crippen LogP contribution in [0.1, 0.15) is 10.4 Å². The predicted octanol–water partition coefficient (Wildman–Crippen LogP) is 4.35. The van der Waals surface area contributed by atoms with Crippen molar-refractivity contribution in [2.75, 3.05) is 27.2 Å². The number of para-hydroxylation sites is 1. The second kappa shape index (κ2) is 7.79. The Kier molecular flexibility index (Phi) is 5.04. The summed E-state index contributed by atoms with van der Waals surface area (Å²) in [6, 6.07) is 24.2. The van der Waals surface area contributed by atoms with Crippen molar-refractivity contribution in [1.29, 1.82) is 0 Å². The van der Waals surface area contributed by atoms with Gasteiger partial charge < -0.3 is 10.2 Å². The number of pyridine rings is 1. The number of aromatic nitrogens is 1. The van der Waals surface area contributed by atoms with E-state index in [2.05, 4.69) is 29.6 Å². The number of nitrogens with one attached hydrogen (secondary N) is 1. The average Bonchev–Trinajstić information content (AvgIpc) is 2.73. The van der Waals surface area contributed by atoms with E-state index in [-0.39, 0.29) is 5.91 Å². The molecule has 0 atom stereocenters. The molecule has 1 N–H and O–H groups in total. The van der Waals surface area contributed by atoms with Crippen LogP contribution in [0, 0.1) is 0 Å². The maximum Gasteiger partial charge on any atom is 0.253 e. The third kappa shape index (κ3) is 3.47. The van der Waals surface area contributed by atoms with Crippen molar-refractivity contribution in [3.05, 3.63) is 78.4 Å². The molecule has 0 spiro atoms. The fraction of sp³-hybridized carbons (Fsp3) is 0.167. The molecular weight excluding hydrogens is 346 g/mol. The van der Waals surface area contributed by atoms with Gasteiger partial charge in [0, 0.05) is 29.4 Å². The van der Waals surface area contributed by atoms with Crippen LogP contribution in [0.4, 0.5) is 0 Å². The van der Waals surface area contributed by atoms with Gasteiger partial charge >= 0.3 is 0 Å². The van der Waals surface area contributed by atoms with Gasteiger partial charge in [-0.15, -0.1) is 0 Å². The quantitative estimate of drug-likeness (QED) is 0.532. The lowest BCUT2D eigenvalue weighted by atomic mass is 9.98. The number of likely N-dealkylation sites (N-methyl/N-ethyl adjacent to an activating group) is 1. The Morgan fingerprint density at radius 2 is 1.54 bits per heavy atom. The van der Waals surface area contributed by atoms with Crippen LogP contribution in [0.3, 0.4) is 0 Å². The minimum absolute atomic E-state index is 0.0887. The van der Waals surface area contributed by atoms with Crippen molar-refractivity contribution in [3.8, 4) is 11.3 Å². The molecule has 0 aliphatic heterocycles. The summed E-state index contributed by atoms with van der Waals surface area (Å²) in [6.45, 7) is 1.39. The molecule has 0 aliphatic rings. The van der Waals surface area contributed by atoms with Gasteiger partial charge in [-0.2, -0.15) is 0 Å². The molecule has 4 heteroatoms. The molecule has 0 unspecified atom stereocenters. The number of carbonyl (C=O) groups is 1. The molecule has 0 bridgehead atoms. The summed E-state index contributed by atoms with van der Waals surface area (Å²) >= 11 is 0. The second-order valence-electron chi connectivity index (χ2n) is 7.13. The van der Waals surface area contributed by atoms with Crippen LogP contribution in [-0.4, -0.2) is 43.0 Å². The normalized spacial score (nSPS) is 11.2. The summed E-state index contributed by atoms with van der Waals surface area (Å²) in [4.78, 5) is 19.9. The number of amides is 1. The molecule has 0 fully saturated rings. The fourth-order valence-electron chi connectivity index (χ4n) is 3.47. The summed E-state index contributed by atoms with van der Waals surface area (Å²) in [7, 11) is 3.98. The SMILES string of the molecule is CN(C)CCNC(=O)c1cccc2c1nc(-c1ccccc1)c1ccccc12. The van der Waals surface area contributed by atoms with E-state index < -0.39 is 0 Å². The Morgan fingerprint density at radius 3 is 2.29 bits per heavy atom. The first-order valence-electron chi connectivity index (χ1n) is 9.45. The van der Waals surface area contributed by atoms with E-state index in [1.807, 2.05) is 67.5 Å². The molecule has 1 aromatic heterocycles. The first-order valence-corrected chi connectivity index (χ1v) is 9.45. The smallest absolute Gasteiger partial charge is 0.253 e. The highest BCUT2D eigenvalue weighted by Crippen LogP contribution is 2.33. The zero-order chi connectivity index (χ0) is 19.5. The van der Waals surface area contributed by atoms with E-state index in [4.69, 9.17) is 4.98 Å². The zero-order valence-corrected chi connectivity index (χ0v) is 16.1. The number of nitrogens with zero attached hydrogens (tertiary/aromatic N) is 2. The molecule has 1 heterocycles. The second-order valence-corrected chi connectivity index (χ2v) is 7.13. The van der Waals surface area contributed by atoms with Crippen LogP contribution < -0.4 is 5.32 Å². The highest BCUT2D eigenvalue weighted by Gasteiger charge is 2.16. The Bertz CT molecular complexity index is 1140. The number of fused-ring (bicyclic) bond motifs is 3. The molecule has 28 heavy (non-hydrogen) atoms. The van der Waals surface area contributed by atoms with Crippen LogP contribution in [0.2, 0.25) is 0 Å². The average molecular weight is 369 g/mol. The number of hydrogen-bond acceptors (Lipinski definition) is 3. The van der Waals surface area contributed by atoms with Crippen LogP contribution in [0.5, 0.6) is 0 Å². The predicted molar refractivity (Wildman–Crippen MR) is 116 cm³/mol. The van der Waals surface area contributed by atoms with Crippen LogP contribution in [0.15, 0.2) is 72.8 Å². The minimum atomic E-state index is -0.0887. The molecule has 0 aliphatic carbocycles. The summed E-state index contributed by atoms with van der Waals surface area (Å²) in [5.74, 6) is -0.0887. The summed E-state index contributed by atoms with van der Waals surface area (Å²) in [5.41, 5.74) is 3.29. The Morgan fingerprint density at radius 1 is 0.857 bits per heavy atom. The Labute approximate surface area is 164 Å². The van der Waals surface area contributed by atoms with Crippen LogP contribution >= 0.6 is 0 Å². The van der Waals surface area contributed by atoms with Crippen molar-refractivity contribution < 1.29 is 4.79 Å². The molecule has 0 radical (unpaired) electrons. The summed E-state index contributed by atoms with van der Waals surface area (Å²) in [5, 5.41) is 6.20. The van der Waals surface area contributed by atoms with E-state index in [9.17, 15) is 4.79 Å². The van der Waals surface area contributed by atoms with Gasteiger partial charge in [0.1, 0.15) is 0 Å². The molecule has 0 saturated carbocycles. The third-order valence-electron chi connectivity index (χ3n) is 4.87. The van der Waals surface area contributed by atoms with Crippen molar-refractivity contribution in [3.63, 3.8) is 0 Å². The largest absolute Gasteiger partial charge is 0.351 e. The maximum absolute atomic E-state index is 12.9. The maximum atomic E-state index is 12.9. The molecule has 4 nitrogen and oxygen atoms in total. The van der Waals surface area contributed by atoms with Crippen molar-refractivity contribution in [2.45, 2.75) is 0 Å². The highest BCUT2D eigenvalue weighted by molar-refractivity contribution is 6.16. The zero-order valence-electron chi connectivity index (χ0n) is 16.1. The lowest BCUT2D eigenvalue weighted by molar-refractivity contribution is 0.0952. The Hall–Kier alpha value is -3.24. The highest BCUT2D eigenvalue weighted by atomic mass is 16.1. The van der Waals surface area contributed by atoms with Gasteiger partial charge in [0.25, 0.3) is 5.91 Å². The van der Waals surface area contributed by atoms with Gasteiger partial charge in [0.2, 0.25) is 0 Å². The monoisotopic (exact) mass is 369 g/mol. The van der Waals surface area contributed by atoms with Crippen LogP contribution in [0.25, 0.3) is 32.9 Å². The molecule has 4 aromatic rings. The van der Waals surface area contributed by atoms with Gasteiger partial charge in [0.15, 0.2) is 0 Å². The number of rotatable bonds is 5. The van der Waals surface area contributed by atoms with Crippen molar-refractivity contribution in [1.82, 2.24) is 15.2 Å². The van der Waals surface area contributed by atoms with E-state index in [1.54, 1.807) is 0 Å². The van der Waals surface area contributed by atoms with E-state index in [0.717, 1.165) is 39.5 Å². The molecular formula is C24H23N3O. The fourth-order valence-corrected chi connectivity index (χ4v) is 3.47. The third-order valence-corrected chi connectivity index (χ3v) is 4.87. The number of benzene rings is 3. The molecule has 3 aromatic carbocycles. The lowest BCUT2D eigenvalue weighted by Crippen LogP contribution is -2.31. The molecule has 4 rings (SSSR count). The van der Waals surface area contributed by atoms with Gasteiger partial charge in [-0.1, -0.05) is 66.7 Å². The van der Waals surface area contributed by atoms with E-state index >= 15 is 0 Å². The number of hydrogen-bond donors (Lipinski definition) is 1. The molecule has 140 valence electrons. The van der Waals surface area contributed by atoms with Gasteiger partial charge in [-0.25, -0.2) is 4.98 Å². The summed E-state index contributed by atoms with van der Waals surface area (Å²) in [6.07, 6.45) is 0. The lowest BCUT2D eigenvalue weighted by Gasteiger charge is -2.14.